The molecule has 0 N–H and O–H groups in total. The third kappa shape index (κ3) is 7.56. The van der Waals surface area contributed by atoms with Crippen molar-refractivity contribution in [3.8, 4) is 11.1 Å². The smallest absolute Gasteiger partial charge is 0.432 e. The van der Waals surface area contributed by atoms with Gasteiger partial charge in [0.2, 0.25) is 5.36 Å². The maximum absolute atomic E-state index is 13.3. The standard InChI is InChI=1S/C38H44Br2N2O2/c1-3-5-7-9-10-12-14-27(13-11-8-6-4-2)25-41-26-34(28-15-19-30(39)20-16-28)32-23-36-33(24-35(32)41)37(38(43)42(36)44)29-17-21-31(40)22-18-29/h15-24,26-27H,3-14,25H2,1-2H3. The number of carbonyl (C=O) groups excluding carboxylic acids is 1. The minimum absolute atomic E-state index is 0.430. The van der Waals surface area contributed by atoms with Crippen LogP contribution < -0.4 is 15.3 Å². The number of hydrogen-bond acceptors (Lipinski definition) is 2. The van der Waals surface area contributed by atoms with E-state index in [1.165, 1.54) is 77.0 Å². The number of carbonyl (C=O) groups is 1. The van der Waals surface area contributed by atoms with Crippen LogP contribution in [0.3, 0.4) is 0 Å². The molecular weight excluding hydrogens is 676 g/mol. The summed E-state index contributed by atoms with van der Waals surface area (Å²) in [4.78, 5) is 13.3. The molecule has 0 aliphatic carbocycles. The van der Waals surface area contributed by atoms with Gasteiger partial charge in [0, 0.05) is 44.2 Å². The zero-order valence-corrected chi connectivity index (χ0v) is 29.3. The van der Waals surface area contributed by atoms with Crippen molar-refractivity contribution >= 4 is 54.2 Å². The SMILES string of the molecule is CCCCCCCCC(CCCCCC)Cn1cc(-c2ccc(Br)cc2)c2cc3c(cc21)=C(c1ccc(Br)cc1)C(=O)[N+]=3[O-]. The van der Waals surface area contributed by atoms with E-state index in [0.29, 0.717) is 21.6 Å². The Morgan fingerprint density at radius 3 is 1.91 bits per heavy atom. The van der Waals surface area contributed by atoms with Gasteiger partial charge in [-0.25, -0.2) is 4.79 Å². The summed E-state index contributed by atoms with van der Waals surface area (Å²) >= 11 is 7.07. The first-order chi connectivity index (χ1) is 21.4. The van der Waals surface area contributed by atoms with Gasteiger partial charge in [-0.05, 0) is 60.2 Å². The summed E-state index contributed by atoms with van der Waals surface area (Å²) in [7, 11) is 0. The third-order valence-corrected chi connectivity index (χ3v) is 10.1. The first-order valence-electron chi connectivity index (χ1n) is 16.5. The van der Waals surface area contributed by atoms with E-state index in [1.807, 2.05) is 30.3 Å². The average molecular weight is 721 g/mol. The second-order valence-electron chi connectivity index (χ2n) is 12.3. The quantitative estimate of drug-likeness (QED) is 0.0658. The van der Waals surface area contributed by atoms with Crippen LogP contribution in [-0.2, 0) is 11.3 Å². The molecule has 1 atom stereocenters. The molecule has 6 heteroatoms. The predicted octanol–water partition coefficient (Wildman–Crippen LogP) is 9.90. The summed E-state index contributed by atoms with van der Waals surface area (Å²) in [5.41, 5.74) is 4.52. The average Bonchev–Trinajstić information content (AvgIpc) is 3.49. The van der Waals surface area contributed by atoms with E-state index in [4.69, 9.17) is 0 Å². The number of aromatic nitrogens is 1. The van der Waals surface area contributed by atoms with E-state index >= 15 is 0 Å². The Balaban J connectivity index is 1.58. The molecule has 4 nitrogen and oxygen atoms in total. The minimum Gasteiger partial charge on any atom is -0.615 e. The van der Waals surface area contributed by atoms with E-state index in [0.717, 1.165) is 48.3 Å². The van der Waals surface area contributed by atoms with Crippen LogP contribution in [0.15, 0.2) is 75.8 Å². The molecule has 1 aliphatic rings. The van der Waals surface area contributed by atoms with Crippen LogP contribution in [0.5, 0.6) is 0 Å². The highest BCUT2D eigenvalue weighted by Crippen LogP contribution is 2.33. The highest BCUT2D eigenvalue weighted by molar-refractivity contribution is 9.10. The van der Waals surface area contributed by atoms with Gasteiger partial charge in [-0.15, -0.1) is 4.74 Å². The number of amides is 1. The molecule has 0 saturated heterocycles. The lowest BCUT2D eigenvalue weighted by Gasteiger charge is -2.19. The van der Waals surface area contributed by atoms with Crippen molar-refractivity contribution in [2.45, 2.75) is 97.4 Å². The fourth-order valence-corrected chi connectivity index (χ4v) is 7.13. The molecule has 0 radical (unpaired) electrons. The number of hydrogen-bond donors (Lipinski definition) is 0. The number of hydroxylamine groups is 1. The molecule has 0 bridgehead atoms. The largest absolute Gasteiger partial charge is 0.615 e. The molecular formula is C38H44Br2N2O2. The van der Waals surface area contributed by atoms with Crippen molar-refractivity contribution in [3.63, 3.8) is 0 Å². The summed E-state index contributed by atoms with van der Waals surface area (Å²) in [6, 6.07) is 20.0. The van der Waals surface area contributed by atoms with Gasteiger partial charge in [0.05, 0.1) is 5.22 Å². The number of halogens is 2. The summed E-state index contributed by atoms with van der Waals surface area (Å²) < 4.78 is 4.95. The Labute approximate surface area is 278 Å². The number of rotatable bonds is 16. The molecule has 1 amide bonds. The van der Waals surface area contributed by atoms with Crippen molar-refractivity contribution in [1.29, 1.82) is 0 Å². The lowest BCUT2D eigenvalue weighted by molar-refractivity contribution is -0.116. The normalized spacial score (nSPS) is 13.7. The minimum atomic E-state index is -0.497. The Bertz CT molecular complexity index is 1710. The molecule has 3 aromatic carbocycles. The van der Waals surface area contributed by atoms with Crippen LogP contribution in [0.25, 0.3) is 27.6 Å². The molecule has 0 saturated carbocycles. The van der Waals surface area contributed by atoms with Gasteiger partial charge in [-0.1, -0.05) is 134 Å². The number of unbranched alkanes of at least 4 members (excludes halogenated alkanes) is 8. The Hall–Kier alpha value is -2.70. The van der Waals surface area contributed by atoms with E-state index in [2.05, 4.69) is 86.8 Å². The molecule has 1 unspecified atom stereocenters. The van der Waals surface area contributed by atoms with E-state index in [1.54, 1.807) is 0 Å². The molecule has 4 aromatic rings. The predicted molar refractivity (Wildman–Crippen MR) is 191 cm³/mol. The summed E-state index contributed by atoms with van der Waals surface area (Å²) in [6.07, 6.45) is 17.7. The molecule has 5 rings (SSSR count). The maximum atomic E-state index is 13.3. The van der Waals surface area contributed by atoms with Gasteiger partial charge < -0.3 is 9.77 Å². The van der Waals surface area contributed by atoms with Crippen LogP contribution in [-0.4, -0.2) is 10.5 Å². The maximum Gasteiger partial charge on any atom is 0.432 e. The summed E-state index contributed by atoms with van der Waals surface area (Å²) in [6.45, 7) is 5.49. The molecule has 44 heavy (non-hydrogen) atoms. The summed E-state index contributed by atoms with van der Waals surface area (Å²) in [5.74, 6) is 0.0933. The van der Waals surface area contributed by atoms with Gasteiger partial charge in [-0.2, -0.15) is 0 Å². The number of nitrogens with zero attached hydrogens (tertiary/aromatic N) is 2. The molecule has 232 valence electrons. The van der Waals surface area contributed by atoms with Crippen LogP contribution in [0.1, 0.15) is 96.5 Å². The first kappa shape index (κ1) is 32.7. The first-order valence-corrected chi connectivity index (χ1v) is 18.1. The van der Waals surface area contributed by atoms with Gasteiger partial charge in [0.15, 0.2) is 0 Å². The van der Waals surface area contributed by atoms with Crippen LogP contribution in [0, 0.1) is 11.1 Å². The van der Waals surface area contributed by atoms with E-state index in [9.17, 15) is 10.0 Å². The molecule has 1 aliphatic heterocycles. The van der Waals surface area contributed by atoms with Crippen LogP contribution >= 0.6 is 31.9 Å². The monoisotopic (exact) mass is 718 g/mol. The fraction of sp³-hybridized carbons (Fsp3) is 0.421. The second kappa shape index (κ2) is 15.5. The lowest BCUT2D eigenvalue weighted by Crippen LogP contribution is -2.31. The van der Waals surface area contributed by atoms with Gasteiger partial charge in [0.1, 0.15) is 5.57 Å². The second-order valence-corrected chi connectivity index (χ2v) is 14.2. The van der Waals surface area contributed by atoms with Crippen molar-refractivity contribution in [2.75, 3.05) is 0 Å². The van der Waals surface area contributed by atoms with Crippen LogP contribution in [0.4, 0.5) is 0 Å². The van der Waals surface area contributed by atoms with Crippen molar-refractivity contribution < 1.29 is 4.79 Å². The molecule has 0 fully saturated rings. The van der Waals surface area contributed by atoms with E-state index < -0.39 is 5.91 Å². The van der Waals surface area contributed by atoms with Crippen LogP contribution in [0.2, 0.25) is 0 Å². The summed E-state index contributed by atoms with van der Waals surface area (Å²) in [5, 5.41) is 15.4. The van der Waals surface area contributed by atoms with E-state index in [-0.39, 0.29) is 0 Å². The molecule has 1 aromatic heterocycles. The topological polar surface area (TPSA) is 48.1 Å². The highest BCUT2D eigenvalue weighted by Gasteiger charge is 2.30. The van der Waals surface area contributed by atoms with Crippen molar-refractivity contribution in [3.05, 3.63) is 97.2 Å². The lowest BCUT2D eigenvalue weighted by atomic mass is 9.94. The van der Waals surface area contributed by atoms with Gasteiger partial charge in [0.25, 0.3) is 0 Å². The fourth-order valence-electron chi connectivity index (χ4n) is 6.60. The van der Waals surface area contributed by atoms with Gasteiger partial charge >= 0.3 is 5.91 Å². The van der Waals surface area contributed by atoms with Crippen molar-refractivity contribution in [2.24, 2.45) is 5.92 Å². The Kier molecular flexibility index (Phi) is 11.5. The highest BCUT2D eigenvalue weighted by atomic mass is 79.9. The third-order valence-electron chi connectivity index (χ3n) is 9.06. The Morgan fingerprint density at radius 1 is 0.750 bits per heavy atom. The molecule has 0 spiro atoms. The van der Waals surface area contributed by atoms with Gasteiger partial charge in [-0.3, -0.25) is 0 Å². The zero-order valence-electron chi connectivity index (χ0n) is 26.1. The molecule has 2 heterocycles. The Morgan fingerprint density at radius 2 is 1.30 bits per heavy atom. The number of fused-ring (bicyclic) bond motifs is 2. The number of benzene rings is 3. The zero-order chi connectivity index (χ0) is 31.1. The van der Waals surface area contributed by atoms with Crippen molar-refractivity contribution in [1.82, 2.24) is 9.31 Å².